The first kappa shape index (κ1) is 36.1. The van der Waals surface area contributed by atoms with Gasteiger partial charge in [0.15, 0.2) is 0 Å². The van der Waals surface area contributed by atoms with Gasteiger partial charge in [0.2, 0.25) is 5.95 Å². The molecule has 1 aromatic heterocycles. The summed E-state index contributed by atoms with van der Waals surface area (Å²) in [4.78, 5) is 52.5. The second kappa shape index (κ2) is 17.5. The van der Waals surface area contributed by atoms with Gasteiger partial charge in [-0.1, -0.05) is 91.0 Å². The summed E-state index contributed by atoms with van der Waals surface area (Å²) in [5.41, 5.74) is 6.31. The predicted octanol–water partition coefficient (Wildman–Crippen LogP) is 3.16. The van der Waals surface area contributed by atoms with Gasteiger partial charge in [-0.2, -0.15) is 4.98 Å². The molecule has 0 aliphatic carbocycles. The number of H-pyrrole nitrogens is 1. The Morgan fingerprint density at radius 1 is 0.843 bits per heavy atom. The fourth-order valence-electron chi connectivity index (χ4n) is 5.29. The summed E-state index contributed by atoms with van der Waals surface area (Å²) >= 11 is 0. The Balaban J connectivity index is 0.000000224. The van der Waals surface area contributed by atoms with E-state index in [-0.39, 0.29) is 30.4 Å². The van der Waals surface area contributed by atoms with Crippen LogP contribution in [0.15, 0.2) is 120 Å². The van der Waals surface area contributed by atoms with Crippen LogP contribution in [-0.2, 0) is 9.59 Å². The lowest BCUT2D eigenvalue weighted by Crippen LogP contribution is -2.41. The van der Waals surface area contributed by atoms with Crippen molar-refractivity contribution < 1.29 is 24.6 Å². The first-order chi connectivity index (χ1) is 24.7. The lowest BCUT2D eigenvalue weighted by Gasteiger charge is -2.27. The minimum absolute atomic E-state index is 0.0281. The molecule has 4 aromatic carbocycles. The topological polar surface area (TPSA) is 212 Å². The maximum atomic E-state index is 12.3. The Kier molecular flexibility index (Phi) is 12.4. The van der Waals surface area contributed by atoms with E-state index in [2.05, 4.69) is 122 Å². The summed E-state index contributed by atoms with van der Waals surface area (Å²) in [7, 11) is -0.446. The number of anilines is 4. The number of aromatic amines is 1. The minimum atomic E-state index is -1.30. The highest BCUT2D eigenvalue weighted by molar-refractivity contribution is 7.79. The SMILES string of the molecule is Nc1nc(=O)c2c([nH]1)NC[C@@H](CNc1ccc(C(=O)N[C@@H](CCC(=O)O)C(=O)O)cc1)N2.c1ccc(P(c2ccccc2)c2ccccc2)cc1. The molecule has 1 aliphatic rings. The zero-order valence-corrected chi connectivity index (χ0v) is 28.3. The Bertz CT molecular complexity index is 1890. The van der Waals surface area contributed by atoms with Crippen molar-refractivity contribution in [2.75, 3.05) is 34.8 Å². The van der Waals surface area contributed by atoms with Crippen molar-refractivity contribution >= 4 is 64.8 Å². The van der Waals surface area contributed by atoms with Gasteiger partial charge in [-0.3, -0.25) is 14.4 Å². The molecule has 1 amide bonds. The van der Waals surface area contributed by atoms with Crippen LogP contribution in [0.1, 0.15) is 23.2 Å². The standard InChI is InChI=1S/C19H23N7O6.C18H15P/c20-19-25-15-14(17(30)26-19)23-11(8-22-15)7-21-10-3-1-9(2-4-10)16(29)24-12(18(31)32)5-6-13(27)28;1-4-10-16(11-5-1)19(17-12-6-2-7-13-17)18-14-8-3-9-15-18/h1-4,11-12,21,23H,5-8H2,(H,24,29)(H,27,28)(H,31,32)(H4,20,22,25,26,30);1-15H/t11-,12+;/m1./s1. The summed E-state index contributed by atoms with van der Waals surface area (Å²) < 4.78 is 0. The van der Waals surface area contributed by atoms with Crippen molar-refractivity contribution in [1.29, 1.82) is 0 Å². The Morgan fingerprint density at radius 2 is 1.39 bits per heavy atom. The van der Waals surface area contributed by atoms with Crippen LogP contribution < -0.4 is 48.5 Å². The van der Waals surface area contributed by atoms with Crippen LogP contribution in [0.2, 0.25) is 0 Å². The van der Waals surface area contributed by atoms with Gasteiger partial charge in [0.25, 0.3) is 11.5 Å². The lowest BCUT2D eigenvalue weighted by atomic mass is 10.1. The second-order valence-electron chi connectivity index (χ2n) is 11.5. The number of aliphatic carboxylic acids is 2. The first-order valence-corrected chi connectivity index (χ1v) is 17.5. The number of nitrogen functional groups attached to an aromatic ring is 1. The summed E-state index contributed by atoms with van der Waals surface area (Å²) in [6.45, 7) is 0.977. The van der Waals surface area contributed by atoms with E-state index in [9.17, 15) is 19.2 Å². The van der Waals surface area contributed by atoms with E-state index in [1.807, 2.05) is 0 Å². The minimum Gasteiger partial charge on any atom is -0.481 e. The van der Waals surface area contributed by atoms with Crippen molar-refractivity contribution in [3.8, 4) is 0 Å². The Morgan fingerprint density at radius 3 is 1.90 bits per heavy atom. The molecule has 2 heterocycles. The van der Waals surface area contributed by atoms with Gasteiger partial charge in [0.05, 0.1) is 6.04 Å². The molecule has 1 aliphatic heterocycles. The second-order valence-corrected chi connectivity index (χ2v) is 13.7. The smallest absolute Gasteiger partial charge is 0.326 e. The van der Waals surface area contributed by atoms with Crippen molar-refractivity contribution in [3.05, 3.63) is 131 Å². The van der Waals surface area contributed by atoms with Crippen LogP contribution in [0.3, 0.4) is 0 Å². The molecule has 0 spiro atoms. The zero-order chi connectivity index (χ0) is 36.2. The molecular weight excluding hydrogens is 669 g/mol. The van der Waals surface area contributed by atoms with Crippen molar-refractivity contribution in [3.63, 3.8) is 0 Å². The van der Waals surface area contributed by atoms with Crippen LogP contribution in [0.5, 0.6) is 0 Å². The van der Waals surface area contributed by atoms with E-state index in [1.54, 1.807) is 12.1 Å². The summed E-state index contributed by atoms with van der Waals surface area (Å²) in [5, 5.41) is 33.7. The summed E-state index contributed by atoms with van der Waals surface area (Å²) in [6, 6.07) is 37.3. The molecule has 13 nitrogen and oxygen atoms in total. The molecule has 5 aromatic rings. The van der Waals surface area contributed by atoms with E-state index in [0.717, 1.165) is 0 Å². The average Bonchev–Trinajstić information content (AvgIpc) is 3.14. The van der Waals surface area contributed by atoms with E-state index in [4.69, 9.17) is 15.9 Å². The third-order valence-electron chi connectivity index (χ3n) is 7.81. The van der Waals surface area contributed by atoms with Gasteiger partial charge in [-0.15, -0.1) is 0 Å². The lowest BCUT2D eigenvalue weighted by molar-refractivity contribution is -0.140. The van der Waals surface area contributed by atoms with Gasteiger partial charge in [0.1, 0.15) is 17.5 Å². The normalized spacial score (nSPS) is 13.6. The van der Waals surface area contributed by atoms with E-state index < -0.39 is 37.4 Å². The van der Waals surface area contributed by atoms with Crippen LogP contribution in [0, 0.1) is 0 Å². The number of carboxylic acids is 2. The third-order valence-corrected chi connectivity index (χ3v) is 10.2. The number of nitrogens with zero attached hydrogens (tertiary/aromatic N) is 1. The summed E-state index contributed by atoms with van der Waals surface area (Å²) in [5.74, 6) is -2.55. The number of benzene rings is 4. The fourth-order valence-corrected chi connectivity index (χ4v) is 7.59. The number of carboxylic acid groups (broad SMARTS) is 2. The molecule has 9 N–H and O–H groups in total. The van der Waals surface area contributed by atoms with E-state index >= 15 is 0 Å². The highest BCUT2D eigenvalue weighted by Gasteiger charge is 2.23. The van der Waals surface area contributed by atoms with Gasteiger partial charge in [-0.25, -0.2) is 4.79 Å². The molecule has 0 saturated carbocycles. The molecule has 0 radical (unpaired) electrons. The number of hydrogen-bond donors (Lipinski definition) is 8. The number of carbonyl (C=O) groups is 3. The van der Waals surface area contributed by atoms with Crippen LogP contribution >= 0.6 is 7.92 Å². The molecule has 2 atom stereocenters. The number of nitrogens with one attached hydrogen (secondary N) is 5. The molecule has 0 saturated heterocycles. The third kappa shape index (κ3) is 10.2. The summed E-state index contributed by atoms with van der Waals surface area (Å²) in [6.07, 6.45) is -0.587. The van der Waals surface area contributed by atoms with E-state index in [0.29, 0.717) is 30.3 Å². The number of carbonyl (C=O) groups excluding carboxylic acids is 1. The molecule has 0 bridgehead atoms. The quantitative estimate of drug-likeness (QED) is 0.0883. The molecule has 6 rings (SSSR count). The maximum absolute atomic E-state index is 12.3. The molecule has 14 heteroatoms. The van der Waals surface area contributed by atoms with Crippen LogP contribution in [0.25, 0.3) is 0 Å². The zero-order valence-electron chi connectivity index (χ0n) is 27.5. The van der Waals surface area contributed by atoms with Crippen molar-refractivity contribution in [2.45, 2.75) is 24.9 Å². The van der Waals surface area contributed by atoms with Gasteiger partial charge in [0, 0.05) is 30.8 Å². The Labute approximate surface area is 295 Å². The van der Waals surface area contributed by atoms with Crippen LogP contribution in [0.4, 0.5) is 23.1 Å². The number of hydrogen-bond acceptors (Lipinski definition) is 9. The average molecular weight is 708 g/mol. The van der Waals surface area contributed by atoms with Crippen LogP contribution in [-0.4, -0.2) is 63.2 Å². The maximum Gasteiger partial charge on any atom is 0.326 e. The number of rotatable bonds is 12. The van der Waals surface area contributed by atoms with Crippen molar-refractivity contribution in [2.24, 2.45) is 0 Å². The van der Waals surface area contributed by atoms with Crippen molar-refractivity contribution in [1.82, 2.24) is 15.3 Å². The molecule has 0 fully saturated rings. The van der Waals surface area contributed by atoms with E-state index in [1.165, 1.54) is 28.0 Å². The largest absolute Gasteiger partial charge is 0.481 e. The molecule has 262 valence electrons. The highest BCUT2D eigenvalue weighted by Crippen LogP contribution is 2.32. The number of aromatic nitrogens is 2. The Hall–Kier alpha value is -6.20. The molecular formula is C37H38N7O6P. The number of fused-ring (bicyclic) bond motifs is 1. The molecule has 0 unspecified atom stereocenters. The van der Waals surface area contributed by atoms with Gasteiger partial charge < -0.3 is 42.2 Å². The van der Waals surface area contributed by atoms with Gasteiger partial charge >= 0.3 is 11.9 Å². The molecule has 51 heavy (non-hydrogen) atoms. The van der Waals surface area contributed by atoms with Gasteiger partial charge in [-0.05, 0) is 54.5 Å². The fraction of sp³-hybridized carbons (Fsp3) is 0.162. The highest BCUT2D eigenvalue weighted by atomic mass is 31.1. The monoisotopic (exact) mass is 707 g/mol. The number of amides is 1. The first-order valence-electron chi connectivity index (χ1n) is 16.1. The number of nitrogens with two attached hydrogens (primary N) is 1. The predicted molar refractivity (Wildman–Crippen MR) is 201 cm³/mol.